The standard InChI is InChI=1S/C36H37N5O9/c42-33(10-6-1-2-7-19-37-36(45)46)38-32(22-25-8-4-3-5-9-25)35(44)39-23-28(20-26-11-15-30(16-12-26)40(47)48)34(43)29(24-39)21-27-13-17-31(18-14-27)41(49)50/h3-5,8-9,11-18,20-21,32,37H,1-2,6-7,10,19,22-24H2,(H,38,42)(H,45,46)/b28-20+,29-21+/t32-/m0/s1. The maximum atomic E-state index is 14.2. The fraction of sp³-hybridized carbons (Fsp3) is 0.278. The molecule has 0 spiro atoms. The van der Waals surface area contributed by atoms with Crippen LogP contribution in [0.3, 0.4) is 0 Å². The van der Waals surface area contributed by atoms with Crippen molar-refractivity contribution in [3.63, 3.8) is 0 Å². The molecular formula is C36H37N5O9. The molecule has 0 aromatic heterocycles. The lowest BCUT2D eigenvalue weighted by molar-refractivity contribution is -0.385. The number of unbranched alkanes of at least 4 members (excludes halogenated alkanes) is 3. The molecule has 0 radical (unpaired) electrons. The monoisotopic (exact) mass is 683 g/mol. The van der Waals surface area contributed by atoms with Crippen LogP contribution >= 0.6 is 0 Å². The molecule has 4 rings (SSSR count). The Kier molecular flexibility index (Phi) is 13.1. The first-order chi connectivity index (χ1) is 24.0. The van der Waals surface area contributed by atoms with Crippen LogP contribution in [0.4, 0.5) is 16.2 Å². The number of ketones is 1. The molecule has 0 unspecified atom stereocenters. The number of hydrogen-bond acceptors (Lipinski definition) is 8. The minimum atomic E-state index is -1.08. The van der Waals surface area contributed by atoms with Gasteiger partial charge in [-0.15, -0.1) is 0 Å². The molecule has 260 valence electrons. The van der Waals surface area contributed by atoms with Crippen LogP contribution in [0.5, 0.6) is 0 Å². The second-order valence-electron chi connectivity index (χ2n) is 11.8. The Morgan fingerprint density at radius 2 is 1.30 bits per heavy atom. The van der Waals surface area contributed by atoms with Gasteiger partial charge < -0.3 is 20.6 Å². The van der Waals surface area contributed by atoms with Gasteiger partial charge in [0.2, 0.25) is 11.8 Å². The predicted molar refractivity (Wildman–Crippen MR) is 185 cm³/mol. The topological polar surface area (TPSA) is 202 Å². The number of amides is 3. The van der Waals surface area contributed by atoms with E-state index in [4.69, 9.17) is 5.11 Å². The van der Waals surface area contributed by atoms with Gasteiger partial charge >= 0.3 is 6.09 Å². The Hall–Kier alpha value is -6.18. The van der Waals surface area contributed by atoms with Crippen molar-refractivity contribution in [3.05, 3.63) is 127 Å². The Bertz CT molecular complexity index is 1690. The largest absolute Gasteiger partial charge is 0.465 e. The minimum absolute atomic E-state index is 0.0855. The number of nitro benzene ring substituents is 2. The first kappa shape index (κ1) is 36.7. The normalized spacial score (nSPS) is 15.0. The SMILES string of the molecule is O=C(O)NCCCCCCC(=O)N[C@@H](Cc1ccccc1)C(=O)N1C/C(=C\c2ccc([N+](=O)[O-])cc2)C(=O)/C(=C/c2ccc([N+](=O)[O-])cc2)C1. The summed E-state index contributed by atoms with van der Waals surface area (Å²) in [7, 11) is 0. The number of nitrogens with zero attached hydrogens (tertiary/aromatic N) is 3. The van der Waals surface area contributed by atoms with Gasteiger partial charge in [0.1, 0.15) is 6.04 Å². The first-order valence-corrected chi connectivity index (χ1v) is 16.0. The first-order valence-electron chi connectivity index (χ1n) is 16.0. The lowest BCUT2D eigenvalue weighted by Crippen LogP contribution is -2.52. The lowest BCUT2D eigenvalue weighted by Gasteiger charge is -2.33. The van der Waals surface area contributed by atoms with Crippen LogP contribution in [0.1, 0.15) is 48.8 Å². The summed E-state index contributed by atoms with van der Waals surface area (Å²) in [5, 5.41) is 36.2. The molecule has 3 aromatic rings. The fourth-order valence-electron chi connectivity index (χ4n) is 5.48. The zero-order valence-corrected chi connectivity index (χ0v) is 27.2. The Morgan fingerprint density at radius 3 is 1.80 bits per heavy atom. The molecule has 1 saturated heterocycles. The summed E-state index contributed by atoms with van der Waals surface area (Å²) in [4.78, 5) is 74.3. The van der Waals surface area contributed by atoms with E-state index in [9.17, 15) is 39.4 Å². The van der Waals surface area contributed by atoms with Crippen LogP contribution in [-0.2, 0) is 20.8 Å². The number of rotatable bonds is 15. The third-order valence-corrected chi connectivity index (χ3v) is 8.03. The molecule has 50 heavy (non-hydrogen) atoms. The Labute approximate surface area is 287 Å². The molecule has 1 atom stereocenters. The minimum Gasteiger partial charge on any atom is -0.465 e. The summed E-state index contributed by atoms with van der Waals surface area (Å²) in [5.41, 5.74) is 2.09. The highest BCUT2D eigenvalue weighted by Gasteiger charge is 2.33. The van der Waals surface area contributed by atoms with Gasteiger partial charge in [-0.25, -0.2) is 4.79 Å². The summed E-state index contributed by atoms with van der Waals surface area (Å²) < 4.78 is 0. The molecule has 1 aliphatic heterocycles. The van der Waals surface area contributed by atoms with Crippen LogP contribution in [0.25, 0.3) is 12.2 Å². The predicted octanol–water partition coefficient (Wildman–Crippen LogP) is 5.33. The van der Waals surface area contributed by atoms with E-state index in [1.54, 1.807) is 12.2 Å². The number of non-ortho nitro benzene ring substituents is 2. The summed E-state index contributed by atoms with van der Waals surface area (Å²) in [6.45, 7) is 0.157. The maximum Gasteiger partial charge on any atom is 0.404 e. The van der Waals surface area contributed by atoms with E-state index in [0.29, 0.717) is 36.9 Å². The van der Waals surface area contributed by atoms with Gasteiger partial charge in [-0.3, -0.25) is 34.6 Å². The second kappa shape index (κ2) is 17.8. The van der Waals surface area contributed by atoms with Gasteiger partial charge in [0.05, 0.1) is 9.85 Å². The smallest absolute Gasteiger partial charge is 0.404 e. The van der Waals surface area contributed by atoms with Crippen molar-refractivity contribution < 1.29 is 34.1 Å². The molecule has 0 bridgehead atoms. The number of carbonyl (C=O) groups is 4. The molecule has 14 nitrogen and oxygen atoms in total. The summed E-state index contributed by atoms with van der Waals surface area (Å²) in [6.07, 6.45) is 5.02. The van der Waals surface area contributed by atoms with Crippen molar-refractivity contribution in [2.45, 2.75) is 44.6 Å². The van der Waals surface area contributed by atoms with Crippen molar-refractivity contribution in [3.8, 4) is 0 Å². The van der Waals surface area contributed by atoms with E-state index in [1.807, 2.05) is 30.3 Å². The molecule has 3 amide bonds. The Balaban J connectivity index is 1.58. The van der Waals surface area contributed by atoms with E-state index < -0.39 is 27.9 Å². The number of nitro groups is 2. The van der Waals surface area contributed by atoms with E-state index in [1.165, 1.54) is 53.4 Å². The molecule has 3 aromatic carbocycles. The molecule has 3 N–H and O–H groups in total. The van der Waals surface area contributed by atoms with Gasteiger partial charge in [0.15, 0.2) is 5.78 Å². The zero-order chi connectivity index (χ0) is 36.0. The van der Waals surface area contributed by atoms with Crippen LogP contribution in [0.15, 0.2) is 90.0 Å². The van der Waals surface area contributed by atoms with Gasteiger partial charge in [-0.2, -0.15) is 0 Å². The number of nitrogens with one attached hydrogen (secondary N) is 2. The van der Waals surface area contributed by atoms with Crippen molar-refractivity contribution in [2.75, 3.05) is 19.6 Å². The van der Waals surface area contributed by atoms with Crippen LogP contribution in [0.2, 0.25) is 0 Å². The highest BCUT2D eigenvalue weighted by Crippen LogP contribution is 2.25. The number of likely N-dealkylation sites (tertiary alicyclic amines) is 1. The molecule has 0 aliphatic carbocycles. The van der Waals surface area contributed by atoms with Crippen molar-refractivity contribution >= 4 is 47.2 Å². The van der Waals surface area contributed by atoms with Crippen molar-refractivity contribution in [1.82, 2.24) is 15.5 Å². The second-order valence-corrected chi connectivity index (χ2v) is 11.8. The molecule has 1 heterocycles. The lowest BCUT2D eigenvalue weighted by atomic mass is 9.93. The number of benzene rings is 3. The average molecular weight is 684 g/mol. The average Bonchev–Trinajstić information content (AvgIpc) is 3.09. The van der Waals surface area contributed by atoms with E-state index in [0.717, 1.165) is 12.0 Å². The summed E-state index contributed by atoms with van der Waals surface area (Å²) in [6, 6.07) is 19.5. The molecular weight excluding hydrogens is 646 g/mol. The maximum absolute atomic E-state index is 14.2. The summed E-state index contributed by atoms with van der Waals surface area (Å²) >= 11 is 0. The number of piperidine rings is 1. The quantitative estimate of drug-likeness (QED) is 0.0819. The van der Waals surface area contributed by atoms with E-state index in [-0.39, 0.29) is 60.1 Å². The number of hydrogen-bond donors (Lipinski definition) is 3. The van der Waals surface area contributed by atoms with Crippen LogP contribution in [-0.4, -0.2) is 69.2 Å². The highest BCUT2D eigenvalue weighted by atomic mass is 16.6. The third-order valence-electron chi connectivity index (χ3n) is 8.03. The van der Waals surface area contributed by atoms with E-state index in [2.05, 4.69) is 10.6 Å². The zero-order valence-electron chi connectivity index (χ0n) is 27.2. The Morgan fingerprint density at radius 1 is 0.780 bits per heavy atom. The van der Waals surface area contributed by atoms with E-state index >= 15 is 0 Å². The van der Waals surface area contributed by atoms with Crippen molar-refractivity contribution in [1.29, 1.82) is 0 Å². The molecule has 14 heteroatoms. The van der Waals surface area contributed by atoms with Crippen LogP contribution < -0.4 is 10.6 Å². The van der Waals surface area contributed by atoms with Gasteiger partial charge in [-0.05, 0) is 65.9 Å². The molecule has 1 fully saturated rings. The van der Waals surface area contributed by atoms with Gasteiger partial charge in [-0.1, -0.05) is 43.2 Å². The fourth-order valence-corrected chi connectivity index (χ4v) is 5.48. The number of carbonyl (C=O) groups excluding carboxylic acids is 3. The highest BCUT2D eigenvalue weighted by molar-refractivity contribution is 6.15. The third kappa shape index (κ3) is 10.9. The number of carboxylic acid groups (broad SMARTS) is 1. The van der Waals surface area contributed by atoms with Gasteiger partial charge in [0, 0.05) is 67.9 Å². The van der Waals surface area contributed by atoms with Crippen LogP contribution in [0, 0.1) is 20.2 Å². The number of Topliss-reactive ketones (excluding diaryl/α,β-unsaturated/α-hetero) is 1. The molecule has 1 aliphatic rings. The summed E-state index contributed by atoms with van der Waals surface area (Å²) in [5.74, 6) is -1.09. The van der Waals surface area contributed by atoms with Crippen molar-refractivity contribution in [2.24, 2.45) is 0 Å². The molecule has 0 saturated carbocycles. The van der Waals surface area contributed by atoms with Gasteiger partial charge in [0.25, 0.3) is 11.4 Å².